The van der Waals surface area contributed by atoms with E-state index in [2.05, 4.69) is 5.32 Å². The molecule has 1 aliphatic carbocycles. The van der Waals surface area contributed by atoms with Crippen LogP contribution in [-0.2, 0) is 4.79 Å². The van der Waals surface area contributed by atoms with Crippen LogP contribution in [0.4, 0.5) is 0 Å². The normalized spacial score (nSPS) is 25.7. The number of benzene rings is 1. The van der Waals surface area contributed by atoms with Gasteiger partial charge < -0.3 is 10.2 Å². The van der Waals surface area contributed by atoms with Gasteiger partial charge in [-0.2, -0.15) is 0 Å². The minimum absolute atomic E-state index is 0.0702. The molecule has 2 aliphatic rings. The lowest BCUT2D eigenvalue weighted by Gasteiger charge is -2.32. The van der Waals surface area contributed by atoms with Crippen LogP contribution in [0.25, 0.3) is 0 Å². The average Bonchev–Trinajstić information content (AvgIpc) is 3.30. The molecule has 0 spiro atoms. The van der Waals surface area contributed by atoms with Gasteiger partial charge in [-0.15, -0.1) is 0 Å². The Hall–Kier alpha value is -0.770. The lowest BCUT2D eigenvalue weighted by molar-refractivity contribution is -0.133. The van der Waals surface area contributed by atoms with Gasteiger partial charge in [0, 0.05) is 19.0 Å². The predicted octanol–water partition coefficient (Wildman–Crippen LogP) is 3.31. The zero-order valence-electron chi connectivity index (χ0n) is 12.1. The lowest BCUT2D eigenvalue weighted by Crippen LogP contribution is -2.44. The highest BCUT2D eigenvalue weighted by Gasteiger charge is 2.47. The number of carbonyl (C=O) groups is 1. The molecule has 2 fully saturated rings. The number of hydrogen-bond donors (Lipinski definition) is 1. The van der Waals surface area contributed by atoms with Gasteiger partial charge in [0.2, 0.25) is 5.91 Å². The first-order chi connectivity index (χ1) is 10.1. The van der Waals surface area contributed by atoms with Crippen molar-refractivity contribution in [1.29, 1.82) is 0 Å². The molecule has 0 aromatic heterocycles. The van der Waals surface area contributed by atoms with E-state index in [1.165, 1.54) is 0 Å². The van der Waals surface area contributed by atoms with E-state index in [9.17, 15) is 4.79 Å². The smallest absolute Gasteiger partial charge is 0.226 e. The zero-order valence-corrected chi connectivity index (χ0v) is 13.6. The molecular weight excluding hydrogens is 307 g/mol. The van der Waals surface area contributed by atoms with E-state index < -0.39 is 0 Å². The van der Waals surface area contributed by atoms with E-state index in [1.54, 1.807) is 6.07 Å². The number of carbonyl (C=O) groups excluding carboxylic acids is 1. The monoisotopic (exact) mass is 326 g/mol. The summed E-state index contributed by atoms with van der Waals surface area (Å²) in [7, 11) is 1.94. The van der Waals surface area contributed by atoms with Crippen molar-refractivity contribution in [2.75, 3.05) is 20.1 Å². The van der Waals surface area contributed by atoms with Crippen molar-refractivity contribution in [3.05, 3.63) is 33.8 Å². The molecule has 114 valence electrons. The zero-order chi connectivity index (χ0) is 15.0. The van der Waals surface area contributed by atoms with E-state index in [-0.39, 0.29) is 17.7 Å². The van der Waals surface area contributed by atoms with E-state index in [4.69, 9.17) is 23.2 Å². The van der Waals surface area contributed by atoms with Crippen LogP contribution in [-0.4, -0.2) is 37.0 Å². The molecule has 2 atom stereocenters. The Bertz CT molecular complexity index is 543. The molecule has 5 heteroatoms. The molecule has 1 heterocycles. The molecule has 1 saturated heterocycles. The van der Waals surface area contributed by atoms with Gasteiger partial charge in [0.1, 0.15) is 0 Å². The van der Waals surface area contributed by atoms with Gasteiger partial charge in [-0.25, -0.2) is 0 Å². The topological polar surface area (TPSA) is 32.3 Å². The molecule has 1 amide bonds. The maximum atomic E-state index is 12.6. The third-order valence-electron chi connectivity index (χ3n) is 4.69. The number of nitrogens with zero attached hydrogens (tertiary/aromatic N) is 1. The number of nitrogens with one attached hydrogen (secondary N) is 1. The highest BCUT2D eigenvalue weighted by atomic mass is 35.5. The summed E-state index contributed by atoms with van der Waals surface area (Å²) in [6.07, 6.45) is 2.96. The van der Waals surface area contributed by atoms with Crippen LogP contribution in [0.3, 0.4) is 0 Å². The molecule has 3 rings (SSSR count). The molecule has 3 nitrogen and oxygen atoms in total. The van der Waals surface area contributed by atoms with Crippen molar-refractivity contribution in [2.24, 2.45) is 5.92 Å². The van der Waals surface area contributed by atoms with Crippen LogP contribution in [0.1, 0.15) is 30.7 Å². The first-order valence-corrected chi connectivity index (χ1v) is 8.26. The fourth-order valence-electron chi connectivity index (χ4n) is 3.25. The van der Waals surface area contributed by atoms with Gasteiger partial charge in [-0.3, -0.25) is 4.79 Å². The van der Waals surface area contributed by atoms with E-state index in [0.717, 1.165) is 37.9 Å². The molecule has 0 radical (unpaired) electrons. The van der Waals surface area contributed by atoms with Gasteiger partial charge in [0.05, 0.1) is 10.0 Å². The Balaban J connectivity index is 1.66. The summed E-state index contributed by atoms with van der Waals surface area (Å²) in [6, 6.07) is 6.04. The molecule has 1 N–H and O–H groups in total. The van der Waals surface area contributed by atoms with Crippen LogP contribution in [0.15, 0.2) is 18.2 Å². The fourth-order valence-corrected chi connectivity index (χ4v) is 3.70. The Labute approximate surface area is 135 Å². The number of rotatable bonds is 3. The molecule has 0 bridgehead atoms. The minimum atomic E-state index is 0.0702. The Morgan fingerprint density at radius 1 is 1.29 bits per heavy atom. The van der Waals surface area contributed by atoms with Crippen LogP contribution < -0.4 is 5.32 Å². The maximum absolute atomic E-state index is 12.6. The summed E-state index contributed by atoms with van der Waals surface area (Å²) in [5.74, 6) is 0.552. The summed E-state index contributed by atoms with van der Waals surface area (Å²) in [6.45, 7) is 1.99. The quantitative estimate of drug-likeness (QED) is 0.924. The minimum Gasteiger partial charge on any atom is -0.342 e. The van der Waals surface area contributed by atoms with E-state index in [0.29, 0.717) is 16.1 Å². The van der Waals surface area contributed by atoms with Crippen LogP contribution in [0.2, 0.25) is 10.0 Å². The molecule has 1 aliphatic heterocycles. The molecule has 1 aromatic carbocycles. The van der Waals surface area contributed by atoms with Gasteiger partial charge in [0.25, 0.3) is 0 Å². The summed E-state index contributed by atoms with van der Waals surface area (Å²) in [5.41, 5.74) is 1.02. The highest BCUT2D eigenvalue weighted by Crippen LogP contribution is 2.51. The van der Waals surface area contributed by atoms with Gasteiger partial charge in [-0.05, 0) is 49.9 Å². The summed E-state index contributed by atoms with van der Waals surface area (Å²) < 4.78 is 0. The molecule has 1 aromatic rings. The number of amides is 1. The second-order valence-corrected chi connectivity index (χ2v) is 6.81. The number of halogens is 2. The van der Waals surface area contributed by atoms with Crippen molar-refractivity contribution in [3.8, 4) is 0 Å². The SMILES string of the molecule is CN(C(=O)C1CC1c1cccc(Cl)c1Cl)C1CCNCC1. The first kappa shape index (κ1) is 15.1. The van der Waals surface area contributed by atoms with Crippen molar-refractivity contribution >= 4 is 29.1 Å². The number of piperidine rings is 1. The fraction of sp³-hybridized carbons (Fsp3) is 0.562. The van der Waals surface area contributed by atoms with Gasteiger partial charge in [-0.1, -0.05) is 35.3 Å². The molecule has 1 saturated carbocycles. The first-order valence-electron chi connectivity index (χ1n) is 7.51. The Morgan fingerprint density at radius 3 is 2.71 bits per heavy atom. The third-order valence-corrected chi connectivity index (χ3v) is 5.53. The predicted molar refractivity (Wildman–Crippen MR) is 86.0 cm³/mol. The van der Waals surface area contributed by atoms with Crippen LogP contribution in [0.5, 0.6) is 0 Å². The van der Waals surface area contributed by atoms with Crippen molar-refractivity contribution in [3.63, 3.8) is 0 Å². The van der Waals surface area contributed by atoms with Crippen molar-refractivity contribution in [1.82, 2.24) is 10.2 Å². The summed E-state index contributed by atoms with van der Waals surface area (Å²) in [4.78, 5) is 14.6. The largest absolute Gasteiger partial charge is 0.342 e. The van der Waals surface area contributed by atoms with Crippen molar-refractivity contribution in [2.45, 2.75) is 31.2 Å². The lowest BCUT2D eigenvalue weighted by atomic mass is 10.0. The average molecular weight is 327 g/mol. The Kier molecular flexibility index (Phi) is 4.43. The second kappa shape index (κ2) is 6.15. The molecular formula is C16H20Cl2N2O. The Morgan fingerprint density at radius 2 is 2.00 bits per heavy atom. The van der Waals surface area contributed by atoms with Gasteiger partial charge in [0.15, 0.2) is 0 Å². The second-order valence-electron chi connectivity index (χ2n) is 6.02. The van der Waals surface area contributed by atoms with Gasteiger partial charge >= 0.3 is 0 Å². The van der Waals surface area contributed by atoms with E-state index in [1.807, 2.05) is 24.1 Å². The molecule has 21 heavy (non-hydrogen) atoms. The molecule has 2 unspecified atom stereocenters. The van der Waals surface area contributed by atoms with Crippen LogP contribution >= 0.6 is 23.2 Å². The highest BCUT2D eigenvalue weighted by molar-refractivity contribution is 6.42. The van der Waals surface area contributed by atoms with E-state index >= 15 is 0 Å². The van der Waals surface area contributed by atoms with Crippen LogP contribution in [0, 0.1) is 5.92 Å². The maximum Gasteiger partial charge on any atom is 0.226 e. The van der Waals surface area contributed by atoms with Crippen molar-refractivity contribution < 1.29 is 4.79 Å². The number of hydrogen-bond acceptors (Lipinski definition) is 2. The summed E-state index contributed by atoms with van der Waals surface area (Å²) >= 11 is 12.3. The third kappa shape index (κ3) is 3.05. The standard InChI is InChI=1S/C16H20Cl2N2O/c1-20(10-5-7-19-8-6-10)16(21)13-9-12(13)11-3-2-4-14(17)15(11)18/h2-4,10,12-13,19H,5-9H2,1H3. The summed E-state index contributed by atoms with van der Waals surface area (Å²) in [5, 5.41) is 4.50.